The lowest BCUT2D eigenvalue weighted by Crippen LogP contribution is -2.36. The predicted octanol–water partition coefficient (Wildman–Crippen LogP) is 4.47. The van der Waals surface area contributed by atoms with Crippen LogP contribution in [-0.4, -0.2) is 49.1 Å². The molecule has 0 aliphatic rings. The molecule has 0 saturated heterocycles. The highest BCUT2D eigenvalue weighted by atomic mass is 127. The molecule has 0 unspecified atom stereocenters. The van der Waals surface area contributed by atoms with Crippen molar-refractivity contribution in [1.82, 2.24) is 20.5 Å². The standard InChI is InChI=1S/C22H35N5OS.HI/c1-6-27(7-2)12-13-28-19-10-8-18(9-11-19)14-24-22(23-5)25-15-21-26-20(16-29-21)17(3)4;/h8-11,16-17H,6-7,12-15H2,1-5H3,(H2,23,24,25);1H. The zero-order chi connectivity index (χ0) is 21.1. The van der Waals surface area contributed by atoms with E-state index in [1.54, 1.807) is 18.4 Å². The first-order chi connectivity index (χ1) is 14.0. The van der Waals surface area contributed by atoms with E-state index in [1.807, 2.05) is 12.1 Å². The molecular formula is C22H36IN5OS. The van der Waals surface area contributed by atoms with E-state index in [0.29, 0.717) is 25.6 Å². The number of aliphatic imine (C=N–C) groups is 1. The average Bonchev–Trinajstić information content (AvgIpc) is 3.22. The Hall–Kier alpha value is -1.39. The maximum absolute atomic E-state index is 5.84. The summed E-state index contributed by atoms with van der Waals surface area (Å²) < 4.78 is 5.84. The van der Waals surface area contributed by atoms with Gasteiger partial charge < -0.3 is 20.3 Å². The number of guanidine groups is 1. The van der Waals surface area contributed by atoms with Gasteiger partial charge in [-0.3, -0.25) is 4.99 Å². The largest absolute Gasteiger partial charge is 0.492 e. The number of hydrogen-bond donors (Lipinski definition) is 2. The van der Waals surface area contributed by atoms with Crippen LogP contribution in [0.1, 0.15) is 49.9 Å². The lowest BCUT2D eigenvalue weighted by Gasteiger charge is -2.18. The number of nitrogens with one attached hydrogen (secondary N) is 2. The Labute approximate surface area is 202 Å². The summed E-state index contributed by atoms with van der Waals surface area (Å²) in [7, 11) is 1.78. The molecule has 0 aliphatic heterocycles. The summed E-state index contributed by atoms with van der Waals surface area (Å²) in [5.74, 6) is 2.14. The molecule has 0 bridgehead atoms. The molecule has 6 nitrogen and oxygen atoms in total. The van der Waals surface area contributed by atoms with Gasteiger partial charge in [0.1, 0.15) is 17.4 Å². The van der Waals surface area contributed by atoms with Crippen LogP contribution in [0, 0.1) is 0 Å². The third-order valence-electron chi connectivity index (χ3n) is 4.75. The van der Waals surface area contributed by atoms with Crippen LogP contribution in [-0.2, 0) is 13.1 Å². The van der Waals surface area contributed by atoms with Crippen LogP contribution in [0.25, 0.3) is 0 Å². The monoisotopic (exact) mass is 545 g/mol. The van der Waals surface area contributed by atoms with Crippen molar-refractivity contribution < 1.29 is 4.74 Å². The van der Waals surface area contributed by atoms with E-state index in [9.17, 15) is 0 Å². The van der Waals surface area contributed by atoms with Crippen LogP contribution in [0.4, 0.5) is 0 Å². The highest BCUT2D eigenvalue weighted by molar-refractivity contribution is 14.0. The molecule has 168 valence electrons. The van der Waals surface area contributed by atoms with Gasteiger partial charge in [-0.2, -0.15) is 0 Å². The minimum absolute atomic E-state index is 0. The summed E-state index contributed by atoms with van der Waals surface area (Å²) in [6, 6.07) is 8.22. The number of aromatic nitrogens is 1. The van der Waals surface area contributed by atoms with Gasteiger partial charge in [-0.05, 0) is 36.7 Å². The summed E-state index contributed by atoms with van der Waals surface area (Å²) in [5, 5.41) is 9.87. The van der Waals surface area contributed by atoms with Gasteiger partial charge in [0.05, 0.1) is 12.2 Å². The molecule has 0 aliphatic carbocycles. The number of halogens is 1. The predicted molar refractivity (Wildman–Crippen MR) is 138 cm³/mol. The number of nitrogens with zero attached hydrogens (tertiary/aromatic N) is 3. The minimum Gasteiger partial charge on any atom is -0.492 e. The van der Waals surface area contributed by atoms with E-state index in [2.05, 4.69) is 70.7 Å². The third-order valence-corrected chi connectivity index (χ3v) is 5.61. The zero-order valence-electron chi connectivity index (χ0n) is 18.8. The molecule has 0 amide bonds. The van der Waals surface area contributed by atoms with Crippen LogP contribution in [0.2, 0.25) is 0 Å². The van der Waals surface area contributed by atoms with E-state index < -0.39 is 0 Å². The van der Waals surface area contributed by atoms with Crippen molar-refractivity contribution in [2.24, 2.45) is 4.99 Å². The fourth-order valence-corrected chi connectivity index (χ4v) is 3.67. The second-order valence-electron chi connectivity index (χ2n) is 7.12. The SMILES string of the molecule is CCN(CC)CCOc1ccc(CNC(=NC)NCc2nc(C(C)C)cs2)cc1.I. The maximum atomic E-state index is 5.84. The second-order valence-corrected chi connectivity index (χ2v) is 8.06. The lowest BCUT2D eigenvalue weighted by molar-refractivity contribution is 0.223. The number of benzene rings is 1. The molecule has 0 radical (unpaired) electrons. The van der Waals surface area contributed by atoms with Gasteiger partial charge in [0.2, 0.25) is 0 Å². The second kappa shape index (κ2) is 14.6. The number of likely N-dealkylation sites (N-methyl/N-ethyl adjacent to an activating group) is 1. The maximum Gasteiger partial charge on any atom is 0.191 e. The lowest BCUT2D eigenvalue weighted by atomic mass is 10.2. The summed E-state index contributed by atoms with van der Waals surface area (Å²) in [4.78, 5) is 11.3. The smallest absolute Gasteiger partial charge is 0.191 e. The van der Waals surface area contributed by atoms with Crippen molar-refractivity contribution in [3.63, 3.8) is 0 Å². The Morgan fingerprint density at radius 2 is 1.80 bits per heavy atom. The molecule has 2 rings (SSSR count). The normalized spacial score (nSPS) is 11.5. The van der Waals surface area contributed by atoms with Crippen molar-refractivity contribution in [3.8, 4) is 5.75 Å². The fourth-order valence-electron chi connectivity index (χ4n) is 2.77. The van der Waals surface area contributed by atoms with E-state index >= 15 is 0 Å². The average molecular weight is 546 g/mol. The number of ether oxygens (including phenoxy) is 1. The van der Waals surface area contributed by atoms with Crippen molar-refractivity contribution in [3.05, 3.63) is 45.9 Å². The van der Waals surface area contributed by atoms with Crippen LogP contribution in [0.5, 0.6) is 5.75 Å². The van der Waals surface area contributed by atoms with E-state index in [1.165, 1.54) is 5.56 Å². The highest BCUT2D eigenvalue weighted by Gasteiger charge is 2.06. The molecule has 0 saturated carbocycles. The number of thiazole rings is 1. The fraction of sp³-hybridized carbons (Fsp3) is 0.545. The first kappa shape index (κ1) is 26.6. The molecule has 0 atom stereocenters. The van der Waals surface area contributed by atoms with Gasteiger partial charge in [0.25, 0.3) is 0 Å². The molecule has 0 spiro atoms. The van der Waals surface area contributed by atoms with E-state index in [4.69, 9.17) is 4.74 Å². The van der Waals surface area contributed by atoms with Gasteiger partial charge in [-0.15, -0.1) is 35.3 Å². The van der Waals surface area contributed by atoms with Gasteiger partial charge in [-0.25, -0.2) is 4.98 Å². The molecular weight excluding hydrogens is 509 g/mol. The highest BCUT2D eigenvalue weighted by Crippen LogP contribution is 2.17. The first-order valence-electron chi connectivity index (χ1n) is 10.4. The van der Waals surface area contributed by atoms with Crippen molar-refractivity contribution in [2.45, 2.75) is 46.7 Å². The van der Waals surface area contributed by atoms with Gasteiger partial charge in [0, 0.05) is 25.5 Å². The third kappa shape index (κ3) is 9.18. The summed E-state index contributed by atoms with van der Waals surface area (Å²) in [6.07, 6.45) is 0. The van der Waals surface area contributed by atoms with Crippen molar-refractivity contribution in [2.75, 3.05) is 33.3 Å². The van der Waals surface area contributed by atoms with Crippen LogP contribution >= 0.6 is 35.3 Å². The molecule has 1 aromatic heterocycles. The van der Waals surface area contributed by atoms with Crippen LogP contribution in [0.15, 0.2) is 34.6 Å². The summed E-state index contributed by atoms with van der Waals surface area (Å²) in [5.41, 5.74) is 2.33. The molecule has 1 heterocycles. The molecule has 1 aromatic carbocycles. The Morgan fingerprint density at radius 1 is 1.13 bits per heavy atom. The molecule has 0 fully saturated rings. The van der Waals surface area contributed by atoms with Crippen LogP contribution < -0.4 is 15.4 Å². The van der Waals surface area contributed by atoms with Gasteiger partial charge in [0.15, 0.2) is 5.96 Å². The first-order valence-corrected chi connectivity index (χ1v) is 11.3. The van der Waals surface area contributed by atoms with Crippen molar-refractivity contribution >= 4 is 41.3 Å². The zero-order valence-corrected chi connectivity index (χ0v) is 21.9. The van der Waals surface area contributed by atoms with Crippen molar-refractivity contribution in [1.29, 1.82) is 0 Å². The minimum atomic E-state index is 0. The topological polar surface area (TPSA) is 61.8 Å². The number of rotatable bonds is 11. The quantitative estimate of drug-likeness (QED) is 0.248. The van der Waals surface area contributed by atoms with Gasteiger partial charge in [-0.1, -0.05) is 39.8 Å². The Balaban J connectivity index is 0.00000450. The summed E-state index contributed by atoms with van der Waals surface area (Å²) in [6.45, 7) is 13.8. The molecule has 2 aromatic rings. The Kier molecular flexibility index (Phi) is 13.0. The summed E-state index contributed by atoms with van der Waals surface area (Å²) >= 11 is 1.68. The van der Waals surface area contributed by atoms with E-state index in [-0.39, 0.29) is 24.0 Å². The Morgan fingerprint density at radius 3 is 2.37 bits per heavy atom. The molecule has 30 heavy (non-hydrogen) atoms. The molecule has 8 heteroatoms. The van der Waals surface area contributed by atoms with Crippen LogP contribution in [0.3, 0.4) is 0 Å². The molecule has 2 N–H and O–H groups in total. The van der Waals surface area contributed by atoms with E-state index in [0.717, 1.165) is 42.0 Å². The number of hydrogen-bond acceptors (Lipinski definition) is 5. The Bertz CT molecular complexity index is 744. The van der Waals surface area contributed by atoms with Gasteiger partial charge >= 0.3 is 0 Å².